The minimum absolute atomic E-state index is 0.173. The highest BCUT2D eigenvalue weighted by Crippen LogP contribution is 2.18. The Morgan fingerprint density at radius 1 is 1.38 bits per heavy atom. The molecule has 0 aliphatic heterocycles. The number of aromatic amines is 1. The van der Waals surface area contributed by atoms with Gasteiger partial charge in [-0.05, 0) is 31.0 Å². The topological polar surface area (TPSA) is 74.8 Å². The fraction of sp³-hybridized carbons (Fsp3) is 0.353. The van der Waals surface area contributed by atoms with E-state index in [2.05, 4.69) is 15.3 Å². The van der Waals surface area contributed by atoms with Crippen molar-refractivity contribution in [3.05, 3.63) is 57.8 Å². The summed E-state index contributed by atoms with van der Waals surface area (Å²) in [7, 11) is 0. The molecule has 0 bridgehead atoms. The van der Waals surface area contributed by atoms with Crippen LogP contribution in [0.25, 0.3) is 0 Å². The third kappa shape index (κ3) is 5.49. The fourth-order valence-corrected chi connectivity index (χ4v) is 2.93. The molecule has 0 spiro atoms. The molecule has 0 fully saturated rings. The smallest absolute Gasteiger partial charge is 0.251 e. The quantitative estimate of drug-likeness (QED) is 0.595. The van der Waals surface area contributed by atoms with Gasteiger partial charge in [0.05, 0.1) is 5.25 Å². The van der Waals surface area contributed by atoms with Crippen LogP contribution in [-0.4, -0.2) is 21.1 Å². The molecule has 1 amide bonds. The SMILES string of the molecule is CCCc1cc(=O)[nH]c(SC(C)C(=O)NCc2ccc(F)cc2)n1. The molecule has 0 radical (unpaired) electrons. The molecule has 0 aliphatic carbocycles. The molecule has 1 atom stereocenters. The molecule has 0 saturated heterocycles. The van der Waals surface area contributed by atoms with E-state index in [1.807, 2.05) is 6.92 Å². The fourth-order valence-electron chi connectivity index (χ4n) is 2.08. The molecule has 2 aromatic rings. The molecule has 0 saturated carbocycles. The van der Waals surface area contributed by atoms with Crippen molar-refractivity contribution in [3.8, 4) is 0 Å². The van der Waals surface area contributed by atoms with Crippen molar-refractivity contribution in [1.29, 1.82) is 0 Å². The first kappa shape index (κ1) is 18.2. The number of aromatic nitrogens is 2. The van der Waals surface area contributed by atoms with E-state index >= 15 is 0 Å². The van der Waals surface area contributed by atoms with Crippen LogP contribution in [0.2, 0.25) is 0 Å². The highest BCUT2D eigenvalue weighted by Gasteiger charge is 2.16. The molecule has 128 valence electrons. The molecule has 7 heteroatoms. The van der Waals surface area contributed by atoms with Crippen LogP contribution in [0, 0.1) is 5.82 Å². The molecular formula is C17H20FN3O2S. The standard InChI is InChI=1S/C17H20FN3O2S/c1-3-4-14-9-15(22)21-17(20-14)24-11(2)16(23)19-10-12-5-7-13(18)8-6-12/h5-9,11H,3-4,10H2,1-2H3,(H,19,23)(H,20,21,22). The summed E-state index contributed by atoms with van der Waals surface area (Å²) in [6, 6.07) is 7.44. The lowest BCUT2D eigenvalue weighted by Gasteiger charge is -2.12. The minimum Gasteiger partial charge on any atom is -0.351 e. The number of nitrogens with one attached hydrogen (secondary N) is 2. The maximum absolute atomic E-state index is 12.8. The number of aryl methyl sites for hydroxylation is 1. The zero-order valence-electron chi connectivity index (χ0n) is 13.6. The van der Waals surface area contributed by atoms with Crippen LogP contribution in [-0.2, 0) is 17.8 Å². The van der Waals surface area contributed by atoms with E-state index in [0.717, 1.165) is 24.1 Å². The van der Waals surface area contributed by atoms with E-state index in [9.17, 15) is 14.0 Å². The van der Waals surface area contributed by atoms with Crippen molar-refractivity contribution < 1.29 is 9.18 Å². The first-order valence-electron chi connectivity index (χ1n) is 7.77. The van der Waals surface area contributed by atoms with E-state index < -0.39 is 5.25 Å². The van der Waals surface area contributed by atoms with E-state index in [-0.39, 0.29) is 17.3 Å². The maximum Gasteiger partial charge on any atom is 0.251 e. The molecule has 1 aromatic heterocycles. The summed E-state index contributed by atoms with van der Waals surface area (Å²) in [6.07, 6.45) is 1.62. The van der Waals surface area contributed by atoms with E-state index in [4.69, 9.17) is 0 Å². The first-order valence-corrected chi connectivity index (χ1v) is 8.65. The van der Waals surface area contributed by atoms with Crippen LogP contribution in [0.4, 0.5) is 4.39 Å². The first-order chi connectivity index (χ1) is 11.5. The van der Waals surface area contributed by atoms with E-state index in [1.165, 1.54) is 30.0 Å². The molecule has 1 aromatic carbocycles. The highest BCUT2D eigenvalue weighted by molar-refractivity contribution is 8.00. The van der Waals surface area contributed by atoms with Crippen LogP contribution in [0.1, 0.15) is 31.5 Å². The predicted octanol–water partition coefficient (Wildman–Crippen LogP) is 2.66. The van der Waals surface area contributed by atoms with Crippen molar-refractivity contribution in [1.82, 2.24) is 15.3 Å². The number of amides is 1. The van der Waals surface area contributed by atoms with Crippen LogP contribution in [0.15, 0.2) is 40.3 Å². The Morgan fingerprint density at radius 2 is 2.08 bits per heavy atom. The van der Waals surface area contributed by atoms with Gasteiger partial charge in [-0.15, -0.1) is 0 Å². The number of H-pyrrole nitrogens is 1. The second kappa shape index (κ2) is 8.63. The number of halogens is 1. The van der Waals surface area contributed by atoms with Gasteiger partial charge in [-0.25, -0.2) is 9.37 Å². The summed E-state index contributed by atoms with van der Waals surface area (Å²) in [5.41, 5.74) is 1.33. The number of hydrogen-bond donors (Lipinski definition) is 2. The number of benzene rings is 1. The average molecular weight is 349 g/mol. The van der Waals surface area contributed by atoms with Gasteiger partial charge in [0.25, 0.3) is 5.56 Å². The van der Waals surface area contributed by atoms with Crippen molar-refractivity contribution >= 4 is 17.7 Å². The van der Waals surface area contributed by atoms with Gasteiger partial charge in [-0.2, -0.15) is 0 Å². The number of nitrogens with zero attached hydrogens (tertiary/aromatic N) is 1. The van der Waals surface area contributed by atoms with Crippen molar-refractivity contribution in [3.63, 3.8) is 0 Å². The van der Waals surface area contributed by atoms with Crippen molar-refractivity contribution in [2.75, 3.05) is 0 Å². The van der Waals surface area contributed by atoms with Gasteiger partial charge in [0.15, 0.2) is 5.16 Å². The highest BCUT2D eigenvalue weighted by atomic mass is 32.2. The van der Waals surface area contributed by atoms with Crippen molar-refractivity contribution in [2.24, 2.45) is 0 Å². The number of thioether (sulfide) groups is 1. The normalized spacial score (nSPS) is 12.0. The lowest BCUT2D eigenvalue weighted by atomic mass is 10.2. The minimum atomic E-state index is -0.412. The number of rotatable bonds is 7. The maximum atomic E-state index is 12.8. The Bertz CT molecular complexity index is 746. The van der Waals surface area contributed by atoms with Crippen LogP contribution < -0.4 is 10.9 Å². The third-order valence-corrected chi connectivity index (χ3v) is 4.30. The van der Waals surface area contributed by atoms with Crippen molar-refractivity contribution in [2.45, 2.75) is 43.6 Å². The number of carbonyl (C=O) groups is 1. The van der Waals surface area contributed by atoms with Crippen LogP contribution in [0.3, 0.4) is 0 Å². The lowest BCUT2D eigenvalue weighted by molar-refractivity contribution is -0.120. The second-order valence-electron chi connectivity index (χ2n) is 5.40. The number of hydrogen-bond acceptors (Lipinski definition) is 4. The summed E-state index contributed by atoms with van der Waals surface area (Å²) < 4.78 is 12.8. The van der Waals surface area contributed by atoms with E-state index in [0.29, 0.717) is 11.7 Å². The molecular weight excluding hydrogens is 329 g/mol. The summed E-state index contributed by atoms with van der Waals surface area (Å²) >= 11 is 1.20. The molecule has 2 rings (SSSR count). The van der Waals surface area contributed by atoms with Crippen LogP contribution >= 0.6 is 11.8 Å². The molecule has 1 heterocycles. The van der Waals surface area contributed by atoms with Gasteiger partial charge in [0.2, 0.25) is 5.91 Å². The lowest BCUT2D eigenvalue weighted by Crippen LogP contribution is -2.30. The molecule has 24 heavy (non-hydrogen) atoms. The third-order valence-electron chi connectivity index (χ3n) is 3.32. The van der Waals surface area contributed by atoms with Gasteiger partial charge in [0, 0.05) is 18.3 Å². The van der Waals surface area contributed by atoms with Gasteiger partial charge in [-0.1, -0.05) is 37.2 Å². The Labute approximate surface area is 144 Å². The summed E-state index contributed by atoms with van der Waals surface area (Å²) in [5, 5.41) is 2.82. The Morgan fingerprint density at radius 3 is 2.75 bits per heavy atom. The Hall–Kier alpha value is -2.15. The number of carbonyl (C=O) groups excluding carboxylic acids is 1. The zero-order valence-corrected chi connectivity index (χ0v) is 14.5. The summed E-state index contributed by atoms with van der Waals surface area (Å²) in [6.45, 7) is 4.09. The Balaban J connectivity index is 1.93. The second-order valence-corrected chi connectivity index (χ2v) is 6.73. The molecule has 2 N–H and O–H groups in total. The van der Waals surface area contributed by atoms with Gasteiger partial charge in [0.1, 0.15) is 5.82 Å². The monoisotopic (exact) mass is 349 g/mol. The van der Waals surface area contributed by atoms with Gasteiger partial charge >= 0.3 is 0 Å². The van der Waals surface area contributed by atoms with Gasteiger partial charge < -0.3 is 10.3 Å². The molecule has 0 aliphatic rings. The molecule has 1 unspecified atom stereocenters. The zero-order chi connectivity index (χ0) is 17.5. The summed E-state index contributed by atoms with van der Waals surface area (Å²) in [4.78, 5) is 30.8. The van der Waals surface area contributed by atoms with Crippen LogP contribution in [0.5, 0.6) is 0 Å². The molecule has 5 nitrogen and oxygen atoms in total. The van der Waals surface area contributed by atoms with Gasteiger partial charge in [-0.3, -0.25) is 9.59 Å². The van der Waals surface area contributed by atoms with E-state index in [1.54, 1.807) is 19.1 Å². The summed E-state index contributed by atoms with van der Waals surface area (Å²) in [5.74, 6) is -0.483. The predicted molar refractivity (Wildman–Crippen MR) is 92.4 cm³/mol. The Kier molecular flexibility index (Phi) is 6.54. The largest absolute Gasteiger partial charge is 0.351 e. The average Bonchev–Trinajstić information content (AvgIpc) is 2.53.